The number of H-pyrrole nitrogens is 1. The number of fused-ring (bicyclic) bond motifs is 2. The van der Waals surface area contributed by atoms with E-state index in [9.17, 15) is 4.79 Å². The summed E-state index contributed by atoms with van der Waals surface area (Å²) in [5.41, 5.74) is 5.08. The molecule has 0 bridgehead atoms. The minimum absolute atomic E-state index is 0.0118. The van der Waals surface area contributed by atoms with Gasteiger partial charge in [0.25, 0.3) is 5.56 Å². The topological polar surface area (TPSA) is 61.9 Å². The van der Waals surface area contributed by atoms with Gasteiger partial charge in [0.15, 0.2) is 0 Å². The van der Waals surface area contributed by atoms with Crippen LogP contribution in [0.25, 0.3) is 10.9 Å². The second-order valence-corrected chi connectivity index (χ2v) is 6.26. The highest BCUT2D eigenvalue weighted by atomic mass is 16.1. The SMILES string of the molecule is Cc1ccc2ncc(CN3Cc4nc(C)[nH]c(=O)c4C3)cc2c1. The Labute approximate surface area is 134 Å². The third-order valence-corrected chi connectivity index (χ3v) is 4.27. The first-order chi connectivity index (χ1) is 11.1. The van der Waals surface area contributed by atoms with Crippen molar-refractivity contribution in [3.05, 3.63) is 69.0 Å². The molecule has 0 radical (unpaired) electrons. The lowest BCUT2D eigenvalue weighted by Gasteiger charge is -2.14. The van der Waals surface area contributed by atoms with Crippen LogP contribution in [-0.4, -0.2) is 19.9 Å². The van der Waals surface area contributed by atoms with Crippen molar-refractivity contribution in [2.45, 2.75) is 33.5 Å². The van der Waals surface area contributed by atoms with Gasteiger partial charge in [0, 0.05) is 31.2 Å². The Morgan fingerprint density at radius 1 is 1.22 bits per heavy atom. The predicted octanol–water partition coefficient (Wildman–Crippen LogP) is 2.45. The van der Waals surface area contributed by atoms with E-state index in [1.165, 1.54) is 5.56 Å². The number of hydrogen-bond acceptors (Lipinski definition) is 4. The molecule has 0 saturated heterocycles. The van der Waals surface area contributed by atoms with Crippen LogP contribution in [0.3, 0.4) is 0 Å². The van der Waals surface area contributed by atoms with Gasteiger partial charge >= 0.3 is 0 Å². The predicted molar refractivity (Wildman–Crippen MR) is 89.0 cm³/mol. The highest BCUT2D eigenvalue weighted by Crippen LogP contribution is 2.21. The molecule has 4 rings (SSSR count). The molecule has 0 fully saturated rings. The zero-order valence-corrected chi connectivity index (χ0v) is 13.3. The molecule has 1 aliphatic rings. The van der Waals surface area contributed by atoms with Crippen LogP contribution in [0.5, 0.6) is 0 Å². The summed E-state index contributed by atoms with van der Waals surface area (Å²) in [5, 5.41) is 1.16. The van der Waals surface area contributed by atoms with E-state index in [-0.39, 0.29) is 5.56 Å². The number of nitrogens with zero attached hydrogens (tertiary/aromatic N) is 3. The minimum Gasteiger partial charge on any atom is -0.310 e. The summed E-state index contributed by atoms with van der Waals surface area (Å²) in [5.74, 6) is 0.679. The smallest absolute Gasteiger partial charge is 0.255 e. The molecule has 3 aromatic rings. The molecule has 0 unspecified atom stereocenters. The third kappa shape index (κ3) is 2.64. The average Bonchev–Trinajstić information content (AvgIpc) is 2.89. The summed E-state index contributed by atoms with van der Waals surface area (Å²) in [7, 11) is 0. The summed E-state index contributed by atoms with van der Waals surface area (Å²) < 4.78 is 0. The van der Waals surface area contributed by atoms with Crippen molar-refractivity contribution in [2.24, 2.45) is 0 Å². The van der Waals surface area contributed by atoms with Crippen molar-refractivity contribution in [3.63, 3.8) is 0 Å². The van der Waals surface area contributed by atoms with Crippen LogP contribution in [0.15, 0.2) is 35.3 Å². The number of benzene rings is 1. The molecular weight excluding hydrogens is 288 g/mol. The molecular formula is C18H18N4O. The zero-order valence-electron chi connectivity index (χ0n) is 13.3. The first kappa shape index (κ1) is 14.1. The Bertz CT molecular complexity index is 961. The van der Waals surface area contributed by atoms with Crippen molar-refractivity contribution in [1.29, 1.82) is 0 Å². The number of rotatable bonds is 2. The molecule has 0 atom stereocenters. The first-order valence-corrected chi connectivity index (χ1v) is 7.75. The second kappa shape index (κ2) is 5.28. The van der Waals surface area contributed by atoms with Crippen molar-refractivity contribution in [3.8, 4) is 0 Å². The maximum absolute atomic E-state index is 12.0. The third-order valence-electron chi connectivity index (χ3n) is 4.27. The van der Waals surface area contributed by atoms with Gasteiger partial charge in [-0.25, -0.2) is 4.98 Å². The summed E-state index contributed by atoms with van der Waals surface area (Å²) in [4.78, 5) is 26.0. The first-order valence-electron chi connectivity index (χ1n) is 7.75. The van der Waals surface area contributed by atoms with E-state index in [1.54, 1.807) is 0 Å². The number of pyridine rings is 1. The number of nitrogens with one attached hydrogen (secondary N) is 1. The number of aromatic amines is 1. The van der Waals surface area contributed by atoms with Crippen LogP contribution in [0.2, 0.25) is 0 Å². The molecule has 1 N–H and O–H groups in total. The van der Waals surface area contributed by atoms with Crippen molar-refractivity contribution >= 4 is 10.9 Å². The average molecular weight is 306 g/mol. The van der Waals surface area contributed by atoms with Gasteiger partial charge in [-0.1, -0.05) is 11.6 Å². The Kier molecular flexibility index (Phi) is 3.23. The number of aryl methyl sites for hydroxylation is 2. The molecule has 0 saturated carbocycles. The second-order valence-electron chi connectivity index (χ2n) is 6.26. The van der Waals surface area contributed by atoms with E-state index in [0.29, 0.717) is 18.9 Å². The lowest BCUT2D eigenvalue weighted by Crippen LogP contribution is -2.18. The minimum atomic E-state index is -0.0118. The van der Waals surface area contributed by atoms with Crippen LogP contribution >= 0.6 is 0 Å². The van der Waals surface area contributed by atoms with Gasteiger partial charge in [-0.2, -0.15) is 0 Å². The largest absolute Gasteiger partial charge is 0.310 e. The molecule has 3 heterocycles. The van der Waals surface area contributed by atoms with Gasteiger partial charge in [0.05, 0.1) is 16.8 Å². The molecule has 116 valence electrons. The van der Waals surface area contributed by atoms with E-state index in [1.807, 2.05) is 19.2 Å². The Morgan fingerprint density at radius 2 is 2.09 bits per heavy atom. The fraction of sp³-hybridized carbons (Fsp3) is 0.278. The summed E-state index contributed by atoms with van der Waals surface area (Å²) in [6.45, 7) is 6.03. The molecule has 23 heavy (non-hydrogen) atoms. The molecule has 5 nitrogen and oxygen atoms in total. The number of hydrogen-bond donors (Lipinski definition) is 1. The van der Waals surface area contributed by atoms with Gasteiger partial charge in [-0.3, -0.25) is 14.7 Å². The quantitative estimate of drug-likeness (QED) is 0.790. The molecule has 5 heteroatoms. The van der Waals surface area contributed by atoms with Gasteiger partial charge in [0.1, 0.15) is 5.82 Å². The van der Waals surface area contributed by atoms with Crippen LogP contribution < -0.4 is 5.56 Å². The van der Waals surface area contributed by atoms with Crippen LogP contribution in [0.1, 0.15) is 28.2 Å². The van der Waals surface area contributed by atoms with E-state index >= 15 is 0 Å². The molecule has 0 aliphatic carbocycles. The van der Waals surface area contributed by atoms with E-state index in [2.05, 4.69) is 45.0 Å². The van der Waals surface area contributed by atoms with E-state index in [0.717, 1.165) is 34.3 Å². The monoisotopic (exact) mass is 306 g/mol. The maximum Gasteiger partial charge on any atom is 0.255 e. The summed E-state index contributed by atoms with van der Waals surface area (Å²) in [6.07, 6.45) is 1.92. The van der Waals surface area contributed by atoms with Gasteiger partial charge in [-0.05, 0) is 37.6 Å². The van der Waals surface area contributed by atoms with Gasteiger partial charge in [0.2, 0.25) is 0 Å². The van der Waals surface area contributed by atoms with Crippen molar-refractivity contribution < 1.29 is 0 Å². The number of aromatic nitrogens is 3. The lowest BCUT2D eigenvalue weighted by molar-refractivity contribution is 0.273. The van der Waals surface area contributed by atoms with Crippen molar-refractivity contribution in [1.82, 2.24) is 19.9 Å². The maximum atomic E-state index is 12.0. The Balaban J connectivity index is 1.60. The van der Waals surface area contributed by atoms with E-state index in [4.69, 9.17) is 0 Å². The highest BCUT2D eigenvalue weighted by molar-refractivity contribution is 5.79. The van der Waals surface area contributed by atoms with Gasteiger partial charge < -0.3 is 4.98 Å². The summed E-state index contributed by atoms with van der Waals surface area (Å²) in [6, 6.07) is 8.46. The highest BCUT2D eigenvalue weighted by Gasteiger charge is 2.23. The Hall–Kier alpha value is -2.53. The molecule has 2 aromatic heterocycles. The summed E-state index contributed by atoms with van der Waals surface area (Å²) >= 11 is 0. The fourth-order valence-electron chi connectivity index (χ4n) is 3.21. The molecule has 0 amide bonds. The van der Waals surface area contributed by atoms with Crippen LogP contribution in [0.4, 0.5) is 0 Å². The van der Waals surface area contributed by atoms with Gasteiger partial charge in [-0.15, -0.1) is 0 Å². The molecule has 1 aromatic carbocycles. The lowest BCUT2D eigenvalue weighted by atomic mass is 10.1. The van der Waals surface area contributed by atoms with Crippen LogP contribution in [0, 0.1) is 13.8 Å². The fourth-order valence-corrected chi connectivity index (χ4v) is 3.21. The van der Waals surface area contributed by atoms with Crippen molar-refractivity contribution in [2.75, 3.05) is 0 Å². The van der Waals surface area contributed by atoms with Crippen LogP contribution in [-0.2, 0) is 19.6 Å². The molecule has 1 aliphatic heterocycles. The molecule has 0 spiro atoms. The van der Waals surface area contributed by atoms with E-state index < -0.39 is 0 Å². The zero-order chi connectivity index (χ0) is 16.0. The Morgan fingerprint density at radius 3 is 2.96 bits per heavy atom. The standard InChI is InChI=1S/C18H18N4O/c1-11-3-4-16-14(5-11)6-13(7-19-16)8-22-9-15-17(10-22)20-12(2)21-18(15)23/h3-7H,8-10H2,1-2H3,(H,20,21,23). The normalized spacial score (nSPS) is 14.3.